The minimum absolute atomic E-state index is 0.105. The molecule has 0 radical (unpaired) electrons. The lowest BCUT2D eigenvalue weighted by atomic mass is 9.89. The van der Waals surface area contributed by atoms with Crippen molar-refractivity contribution in [3.8, 4) is 11.5 Å². The number of hydrogen-bond acceptors (Lipinski definition) is 5. The Morgan fingerprint density at radius 1 is 1.25 bits per heavy atom. The summed E-state index contributed by atoms with van der Waals surface area (Å²) in [4.78, 5) is 12.0. The number of rotatable bonds is 5. The second-order valence-corrected chi connectivity index (χ2v) is 4.74. The molecule has 1 aliphatic heterocycles. The molecule has 0 unspecified atom stereocenters. The number of methoxy groups -OCH3 is 2. The normalized spacial score (nSPS) is 21.6. The van der Waals surface area contributed by atoms with Crippen LogP contribution in [0.5, 0.6) is 11.5 Å². The smallest absolute Gasteiger partial charge is 0.310 e. The summed E-state index contributed by atoms with van der Waals surface area (Å²) in [6, 6.07) is 5.78. The van der Waals surface area contributed by atoms with Crippen molar-refractivity contribution in [1.82, 2.24) is 5.32 Å². The van der Waals surface area contributed by atoms with Crippen molar-refractivity contribution >= 4 is 5.97 Å². The minimum Gasteiger partial charge on any atom is -0.493 e. The lowest BCUT2D eigenvalue weighted by Crippen LogP contribution is -2.24. The highest BCUT2D eigenvalue weighted by Gasteiger charge is 2.35. The molecule has 1 aromatic carbocycles. The quantitative estimate of drug-likeness (QED) is 0.829. The topological polar surface area (TPSA) is 56.8 Å². The van der Waals surface area contributed by atoms with Gasteiger partial charge in [-0.3, -0.25) is 4.79 Å². The number of esters is 1. The zero-order chi connectivity index (χ0) is 14.5. The van der Waals surface area contributed by atoms with Gasteiger partial charge in [-0.1, -0.05) is 6.07 Å². The Morgan fingerprint density at radius 3 is 2.65 bits per heavy atom. The van der Waals surface area contributed by atoms with Crippen molar-refractivity contribution in [1.29, 1.82) is 0 Å². The van der Waals surface area contributed by atoms with Crippen LogP contribution >= 0.6 is 0 Å². The van der Waals surface area contributed by atoms with Crippen LogP contribution in [0.15, 0.2) is 18.2 Å². The Balaban J connectivity index is 2.23. The molecular weight excluding hydrogens is 258 g/mol. The Bertz CT molecular complexity index is 475. The van der Waals surface area contributed by atoms with Crippen LogP contribution < -0.4 is 14.8 Å². The van der Waals surface area contributed by atoms with E-state index >= 15 is 0 Å². The van der Waals surface area contributed by atoms with Crippen LogP contribution in [-0.2, 0) is 9.53 Å². The van der Waals surface area contributed by atoms with E-state index in [9.17, 15) is 4.79 Å². The van der Waals surface area contributed by atoms with E-state index in [-0.39, 0.29) is 17.8 Å². The molecule has 1 heterocycles. The number of hydrogen-bond donors (Lipinski definition) is 1. The zero-order valence-corrected chi connectivity index (χ0v) is 12.1. The number of ether oxygens (including phenoxy) is 3. The van der Waals surface area contributed by atoms with E-state index in [0.29, 0.717) is 24.7 Å². The number of nitrogens with one attached hydrogen (secondary N) is 1. The van der Waals surface area contributed by atoms with Crippen LogP contribution in [0.1, 0.15) is 18.4 Å². The van der Waals surface area contributed by atoms with Gasteiger partial charge in [0.15, 0.2) is 11.5 Å². The fourth-order valence-corrected chi connectivity index (χ4v) is 2.61. The molecule has 20 heavy (non-hydrogen) atoms. The third-order valence-corrected chi connectivity index (χ3v) is 3.64. The summed E-state index contributed by atoms with van der Waals surface area (Å²) in [6.45, 7) is 3.65. The molecule has 1 fully saturated rings. The molecule has 2 rings (SSSR count). The molecule has 1 aromatic rings. The molecule has 0 spiro atoms. The summed E-state index contributed by atoms with van der Waals surface area (Å²) in [5, 5.41) is 3.25. The fraction of sp³-hybridized carbons (Fsp3) is 0.533. The molecule has 0 aromatic heterocycles. The summed E-state index contributed by atoms with van der Waals surface area (Å²) in [5.74, 6) is 1.19. The number of benzene rings is 1. The van der Waals surface area contributed by atoms with Crippen molar-refractivity contribution in [3.05, 3.63) is 23.8 Å². The predicted octanol–water partition coefficient (Wildman–Crippen LogP) is 1.57. The Hall–Kier alpha value is -1.75. The molecule has 0 bridgehead atoms. The van der Waals surface area contributed by atoms with Crippen molar-refractivity contribution in [3.63, 3.8) is 0 Å². The summed E-state index contributed by atoms with van der Waals surface area (Å²) in [5.41, 5.74) is 1.06. The highest BCUT2D eigenvalue weighted by atomic mass is 16.5. The van der Waals surface area contributed by atoms with Gasteiger partial charge in [-0.05, 0) is 24.6 Å². The molecule has 0 saturated carbocycles. The molecule has 1 saturated heterocycles. The third kappa shape index (κ3) is 2.88. The summed E-state index contributed by atoms with van der Waals surface area (Å²) in [6.07, 6.45) is 0. The van der Waals surface area contributed by atoms with E-state index in [2.05, 4.69) is 5.32 Å². The number of carbonyl (C=O) groups excluding carboxylic acids is 1. The molecule has 2 atom stereocenters. The first-order valence-electron chi connectivity index (χ1n) is 6.80. The van der Waals surface area contributed by atoms with Crippen LogP contribution in [-0.4, -0.2) is 39.9 Å². The largest absolute Gasteiger partial charge is 0.493 e. The van der Waals surface area contributed by atoms with Gasteiger partial charge in [0.2, 0.25) is 0 Å². The molecule has 1 N–H and O–H groups in total. The van der Waals surface area contributed by atoms with Crippen LogP contribution in [0.4, 0.5) is 0 Å². The standard InChI is InChI=1S/C15H21NO4/c1-4-20-15(17)12-9-16-8-11(12)10-5-6-13(18-2)14(7-10)19-3/h5-7,11-12,16H,4,8-9H2,1-3H3/t11-,12+/m0/s1. The predicted molar refractivity (Wildman–Crippen MR) is 75.3 cm³/mol. The van der Waals surface area contributed by atoms with Gasteiger partial charge < -0.3 is 19.5 Å². The van der Waals surface area contributed by atoms with Crippen LogP contribution in [0.2, 0.25) is 0 Å². The van der Waals surface area contributed by atoms with Gasteiger partial charge in [-0.15, -0.1) is 0 Å². The van der Waals surface area contributed by atoms with Gasteiger partial charge in [0.1, 0.15) is 0 Å². The van der Waals surface area contributed by atoms with E-state index in [1.54, 1.807) is 14.2 Å². The van der Waals surface area contributed by atoms with Crippen molar-refractivity contribution in [2.75, 3.05) is 33.9 Å². The van der Waals surface area contributed by atoms with Crippen molar-refractivity contribution in [2.45, 2.75) is 12.8 Å². The van der Waals surface area contributed by atoms with Gasteiger partial charge >= 0.3 is 5.97 Å². The molecule has 5 nitrogen and oxygen atoms in total. The first-order chi connectivity index (χ1) is 9.71. The van der Waals surface area contributed by atoms with Gasteiger partial charge in [0.05, 0.1) is 26.7 Å². The highest BCUT2D eigenvalue weighted by molar-refractivity contribution is 5.74. The van der Waals surface area contributed by atoms with Gasteiger partial charge in [0.25, 0.3) is 0 Å². The third-order valence-electron chi connectivity index (χ3n) is 3.64. The lowest BCUT2D eigenvalue weighted by Gasteiger charge is -2.19. The number of carbonyl (C=O) groups is 1. The molecule has 0 aliphatic carbocycles. The Labute approximate surface area is 119 Å². The summed E-state index contributed by atoms with van der Waals surface area (Å²) in [7, 11) is 3.22. The van der Waals surface area contributed by atoms with E-state index in [0.717, 1.165) is 12.1 Å². The van der Waals surface area contributed by atoms with Crippen LogP contribution in [0.3, 0.4) is 0 Å². The van der Waals surface area contributed by atoms with E-state index in [4.69, 9.17) is 14.2 Å². The maximum Gasteiger partial charge on any atom is 0.310 e. The molecule has 110 valence electrons. The van der Waals surface area contributed by atoms with Gasteiger partial charge in [-0.25, -0.2) is 0 Å². The van der Waals surface area contributed by atoms with E-state index in [1.165, 1.54) is 0 Å². The van der Waals surface area contributed by atoms with Crippen LogP contribution in [0.25, 0.3) is 0 Å². The molecule has 5 heteroatoms. The lowest BCUT2D eigenvalue weighted by molar-refractivity contribution is -0.147. The van der Waals surface area contributed by atoms with Gasteiger partial charge in [0, 0.05) is 19.0 Å². The second kappa shape index (κ2) is 6.61. The maximum atomic E-state index is 12.0. The first kappa shape index (κ1) is 14.7. The molecular formula is C15H21NO4. The average Bonchev–Trinajstić information content (AvgIpc) is 2.96. The SMILES string of the molecule is CCOC(=O)[C@@H]1CNC[C@H]1c1ccc(OC)c(OC)c1. The summed E-state index contributed by atoms with van der Waals surface area (Å²) >= 11 is 0. The van der Waals surface area contributed by atoms with Crippen molar-refractivity contribution in [2.24, 2.45) is 5.92 Å². The average molecular weight is 279 g/mol. The molecule has 1 aliphatic rings. The van der Waals surface area contributed by atoms with Gasteiger partial charge in [-0.2, -0.15) is 0 Å². The second-order valence-electron chi connectivity index (χ2n) is 4.74. The Morgan fingerprint density at radius 2 is 2.00 bits per heavy atom. The maximum absolute atomic E-state index is 12.0. The van der Waals surface area contributed by atoms with Crippen molar-refractivity contribution < 1.29 is 19.0 Å². The zero-order valence-electron chi connectivity index (χ0n) is 12.1. The fourth-order valence-electron chi connectivity index (χ4n) is 2.61. The molecule has 0 amide bonds. The monoisotopic (exact) mass is 279 g/mol. The minimum atomic E-state index is -0.145. The van der Waals surface area contributed by atoms with E-state index < -0.39 is 0 Å². The first-order valence-corrected chi connectivity index (χ1v) is 6.80. The highest BCUT2D eigenvalue weighted by Crippen LogP contribution is 2.35. The Kier molecular flexibility index (Phi) is 4.84. The van der Waals surface area contributed by atoms with Crippen LogP contribution in [0, 0.1) is 5.92 Å². The van der Waals surface area contributed by atoms with E-state index in [1.807, 2.05) is 25.1 Å². The summed E-state index contributed by atoms with van der Waals surface area (Å²) < 4.78 is 15.7.